The van der Waals surface area contributed by atoms with Crippen LogP contribution >= 0.6 is 0 Å². The van der Waals surface area contributed by atoms with Crippen molar-refractivity contribution in [1.29, 1.82) is 0 Å². The molecule has 1 aromatic heterocycles. The van der Waals surface area contributed by atoms with Crippen LogP contribution < -0.4 is 10.1 Å². The molecule has 0 fully saturated rings. The topological polar surface area (TPSA) is 89.3 Å². The van der Waals surface area contributed by atoms with Gasteiger partial charge in [-0.25, -0.2) is 4.79 Å². The first-order chi connectivity index (χ1) is 10.2. The average Bonchev–Trinajstić information content (AvgIpc) is 2.96. The van der Waals surface area contributed by atoms with E-state index in [2.05, 4.69) is 21.7 Å². The molecule has 0 aliphatic heterocycles. The minimum Gasteiger partial charge on any atom is -0.497 e. The maximum absolute atomic E-state index is 10.7. The van der Waals surface area contributed by atoms with Gasteiger partial charge in [0.1, 0.15) is 5.75 Å². The summed E-state index contributed by atoms with van der Waals surface area (Å²) in [6.07, 6.45) is 2.32. The van der Waals surface area contributed by atoms with Gasteiger partial charge in [0, 0.05) is 6.54 Å². The zero-order chi connectivity index (χ0) is 15.1. The Morgan fingerprint density at radius 2 is 2.29 bits per heavy atom. The zero-order valence-electron chi connectivity index (χ0n) is 11.8. The van der Waals surface area contributed by atoms with Gasteiger partial charge in [-0.2, -0.15) is 0 Å². The van der Waals surface area contributed by atoms with Crippen LogP contribution in [0.3, 0.4) is 0 Å². The maximum Gasteiger partial charge on any atom is 0.358 e. The third-order valence-electron chi connectivity index (χ3n) is 3.00. The Balaban J connectivity index is 1.68. The Labute approximate surface area is 122 Å². The monoisotopic (exact) mass is 290 g/mol. The minimum atomic E-state index is -1.06. The van der Waals surface area contributed by atoms with Crippen molar-refractivity contribution in [3.63, 3.8) is 0 Å². The van der Waals surface area contributed by atoms with Crippen LogP contribution in [0.15, 0.2) is 30.5 Å². The van der Waals surface area contributed by atoms with Crippen molar-refractivity contribution >= 4 is 5.97 Å². The summed E-state index contributed by atoms with van der Waals surface area (Å²) in [4.78, 5) is 10.7. The molecule has 0 saturated heterocycles. The van der Waals surface area contributed by atoms with Crippen LogP contribution in [0.5, 0.6) is 5.75 Å². The summed E-state index contributed by atoms with van der Waals surface area (Å²) < 4.78 is 6.69. The predicted molar refractivity (Wildman–Crippen MR) is 76.5 cm³/mol. The van der Waals surface area contributed by atoms with Crippen LogP contribution in [-0.2, 0) is 13.0 Å². The molecular weight excluding hydrogens is 272 g/mol. The Bertz CT molecular complexity index is 597. The summed E-state index contributed by atoms with van der Waals surface area (Å²) in [6, 6.07) is 7.96. The summed E-state index contributed by atoms with van der Waals surface area (Å²) in [7, 11) is 1.65. The van der Waals surface area contributed by atoms with Crippen molar-refractivity contribution in [3.8, 4) is 5.75 Å². The third kappa shape index (κ3) is 4.57. The van der Waals surface area contributed by atoms with E-state index in [0.29, 0.717) is 13.1 Å². The van der Waals surface area contributed by atoms with E-state index in [-0.39, 0.29) is 5.69 Å². The van der Waals surface area contributed by atoms with E-state index in [1.54, 1.807) is 7.11 Å². The lowest BCUT2D eigenvalue weighted by Crippen LogP contribution is -2.22. The summed E-state index contributed by atoms with van der Waals surface area (Å²) in [5.41, 5.74) is 1.17. The number of carboxylic acid groups (broad SMARTS) is 1. The lowest BCUT2D eigenvalue weighted by molar-refractivity contribution is 0.0690. The van der Waals surface area contributed by atoms with Gasteiger partial charge in [0.2, 0.25) is 0 Å². The molecule has 0 radical (unpaired) electrons. The first-order valence-electron chi connectivity index (χ1n) is 6.66. The van der Waals surface area contributed by atoms with E-state index >= 15 is 0 Å². The average molecular weight is 290 g/mol. The van der Waals surface area contributed by atoms with Gasteiger partial charge in [-0.1, -0.05) is 17.3 Å². The highest BCUT2D eigenvalue weighted by molar-refractivity contribution is 5.84. The number of aromatic carboxylic acids is 1. The molecule has 112 valence electrons. The first kappa shape index (κ1) is 15.0. The van der Waals surface area contributed by atoms with Gasteiger partial charge in [0.05, 0.1) is 19.9 Å². The largest absolute Gasteiger partial charge is 0.497 e. The maximum atomic E-state index is 10.7. The smallest absolute Gasteiger partial charge is 0.358 e. The van der Waals surface area contributed by atoms with E-state index in [1.165, 1.54) is 16.4 Å². The fourth-order valence-corrected chi connectivity index (χ4v) is 1.88. The summed E-state index contributed by atoms with van der Waals surface area (Å²) in [5, 5.41) is 19.3. The molecule has 7 nitrogen and oxygen atoms in total. The molecule has 2 N–H and O–H groups in total. The zero-order valence-corrected chi connectivity index (χ0v) is 11.8. The van der Waals surface area contributed by atoms with Crippen LogP contribution in [0.4, 0.5) is 0 Å². The van der Waals surface area contributed by atoms with Gasteiger partial charge in [-0.05, 0) is 30.7 Å². The van der Waals surface area contributed by atoms with Crippen molar-refractivity contribution in [2.24, 2.45) is 0 Å². The van der Waals surface area contributed by atoms with E-state index in [4.69, 9.17) is 9.84 Å². The summed E-state index contributed by atoms with van der Waals surface area (Å²) in [6.45, 7) is 2.11. The van der Waals surface area contributed by atoms with Crippen molar-refractivity contribution in [2.45, 2.75) is 13.0 Å². The second kappa shape index (κ2) is 7.39. The number of nitrogens with one attached hydrogen (secondary N) is 1. The van der Waals surface area contributed by atoms with Gasteiger partial charge in [0.15, 0.2) is 5.69 Å². The predicted octanol–water partition coefficient (Wildman–Crippen LogP) is 0.817. The molecule has 1 heterocycles. The molecule has 21 heavy (non-hydrogen) atoms. The van der Waals surface area contributed by atoms with Crippen LogP contribution in [-0.4, -0.2) is 46.3 Å². The lowest BCUT2D eigenvalue weighted by Gasteiger charge is -2.06. The van der Waals surface area contributed by atoms with Gasteiger partial charge in [0.25, 0.3) is 0 Å². The van der Waals surface area contributed by atoms with Crippen molar-refractivity contribution < 1.29 is 14.6 Å². The molecule has 0 unspecified atom stereocenters. The fraction of sp³-hybridized carbons (Fsp3) is 0.357. The molecule has 0 aliphatic carbocycles. The molecule has 0 saturated carbocycles. The Hall–Kier alpha value is -2.41. The van der Waals surface area contributed by atoms with E-state index in [9.17, 15) is 4.79 Å². The number of hydrogen-bond donors (Lipinski definition) is 2. The quantitative estimate of drug-likeness (QED) is 0.700. The standard InChI is InChI=1S/C14H18N4O3/c1-21-12-4-2-3-11(9-12)5-6-15-7-8-18-10-13(14(19)20)16-17-18/h2-4,9-10,15H,5-8H2,1H3,(H,19,20). The number of carbonyl (C=O) groups is 1. The molecule has 0 amide bonds. The number of ether oxygens (including phenoxy) is 1. The number of rotatable bonds is 8. The van der Waals surface area contributed by atoms with Crippen LogP contribution in [0, 0.1) is 0 Å². The SMILES string of the molecule is COc1cccc(CCNCCn2cc(C(=O)O)nn2)c1. The lowest BCUT2D eigenvalue weighted by atomic mass is 10.1. The molecule has 0 bridgehead atoms. The van der Waals surface area contributed by atoms with Crippen molar-refractivity contribution in [1.82, 2.24) is 20.3 Å². The van der Waals surface area contributed by atoms with Gasteiger partial charge in [-0.3, -0.25) is 4.68 Å². The summed E-state index contributed by atoms with van der Waals surface area (Å²) in [5.74, 6) is -0.205. The molecule has 0 spiro atoms. The normalized spacial score (nSPS) is 10.5. The molecule has 0 aliphatic rings. The number of hydrogen-bond acceptors (Lipinski definition) is 5. The third-order valence-corrected chi connectivity index (χ3v) is 3.00. The molecule has 0 atom stereocenters. The Kier molecular flexibility index (Phi) is 5.28. The highest BCUT2D eigenvalue weighted by Crippen LogP contribution is 2.12. The van der Waals surface area contributed by atoms with Crippen molar-refractivity contribution in [2.75, 3.05) is 20.2 Å². The summed E-state index contributed by atoms with van der Waals surface area (Å²) >= 11 is 0. The first-order valence-corrected chi connectivity index (χ1v) is 6.66. The van der Waals surface area contributed by atoms with Crippen LogP contribution in [0.1, 0.15) is 16.1 Å². The second-order valence-electron chi connectivity index (χ2n) is 4.52. The number of methoxy groups -OCH3 is 1. The van der Waals surface area contributed by atoms with E-state index in [0.717, 1.165) is 18.7 Å². The van der Waals surface area contributed by atoms with Crippen LogP contribution in [0.2, 0.25) is 0 Å². The highest BCUT2D eigenvalue weighted by atomic mass is 16.5. The minimum absolute atomic E-state index is 0.0358. The number of aromatic nitrogens is 3. The fourth-order valence-electron chi connectivity index (χ4n) is 1.88. The molecule has 2 rings (SSSR count). The molecular formula is C14H18N4O3. The van der Waals surface area contributed by atoms with Gasteiger partial charge >= 0.3 is 5.97 Å². The highest BCUT2D eigenvalue weighted by Gasteiger charge is 2.07. The van der Waals surface area contributed by atoms with E-state index in [1.807, 2.05) is 18.2 Å². The van der Waals surface area contributed by atoms with Gasteiger partial charge in [-0.15, -0.1) is 5.10 Å². The van der Waals surface area contributed by atoms with Gasteiger partial charge < -0.3 is 15.2 Å². The number of carboxylic acids is 1. The van der Waals surface area contributed by atoms with Crippen molar-refractivity contribution in [3.05, 3.63) is 41.7 Å². The molecule has 2 aromatic rings. The molecule has 7 heteroatoms. The Morgan fingerprint density at radius 1 is 1.43 bits per heavy atom. The Morgan fingerprint density at radius 3 is 3.00 bits per heavy atom. The van der Waals surface area contributed by atoms with Crippen LogP contribution in [0.25, 0.3) is 0 Å². The number of benzene rings is 1. The molecule has 1 aromatic carbocycles. The number of nitrogens with zero attached hydrogens (tertiary/aromatic N) is 3. The van der Waals surface area contributed by atoms with E-state index < -0.39 is 5.97 Å². The second-order valence-corrected chi connectivity index (χ2v) is 4.52.